The van der Waals surface area contributed by atoms with Gasteiger partial charge in [-0.2, -0.15) is 0 Å². The lowest BCUT2D eigenvalue weighted by atomic mass is 10.1. The number of hydrogen-bond acceptors (Lipinski definition) is 15. The van der Waals surface area contributed by atoms with E-state index in [9.17, 15) is 43.2 Å². The molecule has 3 N–H and O–H groups in total. The Labute approximate surface area is 620 Å². The molecule has 17 nitrogen and oxygen atoms in total. The third kappa shape index (κ3) is 74.3. The molecule has 0 aromatic carbocycles. The summed E-state index contributed by atoms with van der Waals surface area (Å²) in [5.41, 5.74) is 0. The Kier molecular flexibility index (Phi) is 72.3. The Bertz CT molecular complexity index is 2310. The van der Waals surface area contributed by atoms with E-state index in [0.29, 0.717) is 32.1 Å². The van der Waals surface area contributed by atoms with Crippen LogP contribution in [0.5, 0.6) is 0 Å². The predicted octanol–water partition coefficient (Wildman–Crippen LogP) is 23.6. The van der Waals surface area contributed by atoms with Crippen molar-refractivity contribution in [2.75, 3.05) is 39.6 Å². The summed E-state index contributed by atoms with van der Waals surface area (Å²) in [6.07, 6.45) is 79.7. The molecule has 0 amide bonds. The number of aliphatic hydroxyl groups excluding tert-OH is 1. The summed E-state index contributed by atoms with van der Waals surface area (Å²) in [7, 11) is -9.98. The lowest BCUT2D eigenvalue weighted by molar-refractivity contribution is -0.161. The van der Waals surface area contributed by atoms with Crippen LogP contribution in [0.25, 0.3) is 0 Å². The van der Waals surface area contributed by atoms with Gasteiger partial charge < -0.3 is 33.8 Å². The molecule has 0 aliphatic heterocycles. The van der Waals surface area contributed by atoms with E-state index in [2.05, 4.69) is 107 Å². The zero-order chi connectivity index (χ0) is 74.6. The number of phosphoric acid groups is 2. The van der Waals surface area contributed by atoms with Crippen LogP contribution in [0.15, 0.2) is 97.2 Å². The monoisotopic (exact) mass is 1480 g/mol. The van der Waals surface area contributed by atoms with Gasteiger partial charge in [-0.25, -0.2) is 9.13 Å². The number of allylic oxidation sites excluding steroid dienone is 16. The number of hydrogen-bond donors (Lipinski definition) is 3. The van der Waals surface area contributed by atoms with Crippen molar-refractivity contribution in [3.8, 4) is 0 Å². The molecule has 0 aromatic heterocycles. The molecule has 0 fully saturated rings. The number of aliphatic hydroxyl groups is 1. The van der Waals surface area contributed by atoms with Crippen molar-refractivity contribution in [2.24, 2.45) is 0 Å². The molecule has 0 aromatic rings. The summed E-state index contributed by atoms with van der Waals surface area (Å²) in [5.74, 6) is -2.28. The number of phosphoric ester groups is 2. The molecule has 0 rings (SSSR count). The molecule has 0 spiro atoms. The smallest absolute Gasteiger partial charge is 0.462 e. The summed E-state index contributed by atoms with van der Waals surface area (Å²) < 4.78 is 68.5. The maximum absolute atomic E-state index is 13.1. The van der Waals surface area contributed by atoms with Crippen LogP contribution in [0.3, 0.4) is 0 Å². The highest BCUT2D eigenvalue weighted by Gasteiger charge is 2.30. The van der Waals surface area contributed by atoms with E-state index < -0.39 is 97.5 Å². The van der Waals surface area contributed by atoms with Gasteiger partial charge in [-0.1, -0.05) is 279 Å². The average molecular weight is 1480 g/mol. The number of carbonyl (C=O) groups is 4. The summed E-state index contributed by atoms with van der Waals surface area (Å²) >= 11 is 0. The Morgan fingerprint density at radius 2 is 0.500 bits per heavy atom. The standard InChI is InChI=1S/C83H146O17P2/c1-5-9-13-17-21-25-29-33-36-37-38-39-42-46-50-54-58-62-66-70-83(88)100-78(73-93-80(85)67-63-59-55-51-47-43-32-28-24-20-16-12-8-4)75-97-101(89,90)95-71-77(84)72-96-102(91,92)98-76-79(99-82(87)69-65-61-57-53-49-45-41-35-31-27-23-19-15-11-7-3)74-94-81(86)68-64-60-56-52-48-44-40-34-30-26-22-18-14-10-6-2/h21,25,28,32-36,38-41,46,50,58,62,77-79,84H,5-20,22-24,26-27,29-31,37,42-45,47-49,51-57,59-61,63-76H2,1-4H3,(H,89,90)(H,91,92)/b25-21-,32-28-,36-33-,39-38-,40-34-,41-35-,50-46-,62-58-/t77-,78+,79+/m0/s1. The maximum atomic E-state index is 13.1. The minimum absolute atomic E-state index is 0.0299. The van der Waals surface area contributed by atoms with Gasteiger partial charge in [0.15, 0.2) is 12.2 Å². The molecule has 590 valence electrons. The topological polar surface area (TPSA) is 237 Å². The molecule has 0 heterocycles. The second-order valence-electron chi connectivity index (χ2n) is 27.0. The first kappa shape index (κ1) is 98.0. The second-order valence-corrected chi connectivity index (χ2v) is 29.9. The second kappa shape index (κ2) is 75.2. The number of carbonyl (C=O) groups excluding carboxylic acids is 4. The van der Waals surface area contributed by atoms with Gasteiger partial charge in [-0.3, -0.25) is 37.3 Å². The van der Waals surface area contributed by atoms with Crippen molar-refractivity contribution in [3.05, 3.63) is 97.2 Å². The molecule has 0 saturated heterocycles. The minimum atomic E-state index is -5.00. The van der Waals surface area contributed by atoms with Gasteiger partial charge in [0, 0.05) is 25.7 Å². The highest BCUT2D eigenvalue weighted by molar-refractivity contribution is 7.47. The first-order valence-electron chi connectivity index (χ1n) is 40.5. The van der Waals surface area contributed by atoms with Crippen LogP contribution in [-0.2, 0) is 65.4 Å². The van der Waals surface area contributed by atoms with Crippen molar-refractivity contribution >= 4 is 39.5 Å². The SMILES string of the molecule is CCCCC/C=C\C/C=C\C/C=C\C/C=C\C/C=C\CCC(=O)O[C@H](COC(=O)CCCCCCC/C=C\CCCCCC)COP(=O)(O)OC[C@H](O)COP(=O)(O)OC[C@@H](COC(=O)CCCCCCC/C=C\CCCCCCCC)OC(=O)CCCCCCC/C=C\CCCCCCCC. The molecular weight excluding hydrogens is 1330 g/mol. The molecule has 19 heteroatoms. The van der Waals surface area contributed by atoms with Gasteiger partial charge in [0.1, 0.15) is 19.3 Å². The Morgan fingerprint density at radius 3 is 0.833 bits per heavy atom. The largest absolute Gasteiger partial charge is 0.472 e. The van der Waals surface area contributed by atoms with E-state index in [4.69, 9.17) is 37.0 Å². The van der Waals surface area contributed by atoms with E-state index in [1.54, 1.807) is 0 Å². The number of unbranched alkanes of at least 4 members (excludes halogenated alkanes) is 34. The van der Waals surface area contributed by atoms with E-state index in [1.807, 2.05) is 18.2 Å². The fourth-order valence-electron chi connectivity index (χ4n) is 10.8. The average Bonchev–Trinajstić information content (AvgIpc) is 0.924. The normalized spacial score (nSPS) is 14.4. The molecule has 0 aliphatic carbocycles. The first-order chi connectivity index (χ1) is 49.7. The van der Waals surface area contributed by atoms with Crippen LogP contribution >= 0.6 is 15.6 Å². The molecule has 0 bridgehead atoms. The summed E-state index contributed by atoms with van der Waals surface area (Å²) in [5, 5.41) is 10.6. The van der Waals surface area contributed by atoms with Crippen molar-refractivity contribution in [1.29, 1.82) is 0 Å². The van der Waals surface area contributed by atoms with Gasteiger partial charge >= 0.3 is 39.5 Å². The molecule has 102 heavy (non-hydrogen) atoms. The Hall–Kier alpha value is -4.02. The van der Waals surface area contributed by atoms with Gasteiger partial charge in [-0.05, 0) is 141 Å². The van der Waals surface area contributed by atoms with Crippen LogP contribution in [0.1, 0.15) is 349 Å². The van der Waals surface area contributed by atoms with Gasteiger partial charge in [0.25, 0.3) is 0 Å². The lowest BCUT2D eigenvalue weighted by Gasteiger charge is -2.21. The van der Waals surface area contributed by atoms with E-state index in [1.165, 1.54) is 122 Å². The van der Waals surface area contributed by atoms with Crippen molar-refractivity contribution in [3.63, 3.8) is 0 Å². The lowest BCUT2D eigenvalue weighted by Crippen LogP contribution is -2.30. The van der Waals surface area contributed by atoms with E-state index >= 15 is 0 Å². The van der Waals surface area contributed by atoms with E-state index in [0.717, 1.165) is 141 Å². The van der Waals surface area contributed by atoms with Crippen LogP contribution in [0.4, 0.5) is 0 Å². The van der Waals surface area contributed by atoms with Gasteiger partial charge in [-0.15, -0.1) is 0 Å². The highest BCUT2D eigenvalue weighted by Crippen LogP contribution is 2.45. The van der Waals surface area contributed by atoms with Crippen molar-refractivity contribution in [1.82, 2.24) is 0 Å². The van der Waals surface area contributed by atoms with Crippen molar-refractivity contribution in [2.45, 2.75) is 367 Å². The van der Waals surface area contributed by atoms with Gasteiger partial charge in [0.05, 0.1) is 26.4 Å². The maximum Gasteiger partial charge on any atom is 0.472 e. The number of ether oxygens (including phenoxy) is 4. The molecular formula is C83H146O17P2. The fourth-order valence-corrected chi connectivity index (χ4v) is 12.4. The van der Waals surface area contributed by atoms with Crippen LogP contribution < -0.4 is 0 Å². The zero-order valence-electron chi connectivity index (χ0n) is 64.5. The number of rotatable bonds is 76. The van der Waals surface area contributed by atoms with Crippen molar-refractivity contribution < 1.29 is 80.2 Å². The minimum Gasteiger partial charge on any atom is -0.462 e. The zero-order valence-corrected chi connectivity index (χ0v) is 66.3. The Morgan fingerprint density at radius 1 is 0.275 bits per heavy atom. The fraction of sp³-hybridized carbons (Fsp3) is 0.759. The van der Waals surface area contributed by atoms with Crippen LogP contribution in [0, 0.1) is 0 Å². The van der Waals surface area contributed by atoms with Crippen LogP contribution in [0.2, 0.25) is 0 Å². The molecule has 2 unspecified atom stereocenters. The van der Waals surface area contributed by atoms with Gasteiger partial charge in [0.2, 0.25) is 0 Å². The highest BCUT2D eigenvalue weighted by atomic mass is 31.2. The molecule has 0 saturated carbocycles. The number of esters is 4. The van der Waals surface area contributed by atoms with Crippen LogP contribution in [-0.4, -0.2) is 96.7 Å². The Balaban J connectivity index is 5.43. The first-order valence-corrected chi connectivity index (χ1v) is 43.5. The third-order valence-corrected chi connectivity index (χ3v) is 18.9. The molecule has 0 aliphatic rings. The summed E-state index contributed by atoms with van der Waals surface area (Å²) in [6.45, 7) is 4.75. The summed E-state index contributed by atoms with van der Waals surface area (Å²) in [6, 6.07) is 0. The predicted molar refractivity (Wildman–Crippen MR) is 418 cm³/mol. The molecule has 0 radical (unpaired) electrons. The third-order valence-electron chi connectivity index (χ3n) is 17.0. The molecule has 5 atom stereocenters. The summed E-state index contributed by atoms with van der Waals surface area (Å²) in [4.78, 5) is 73.0. The van der Waals surface area contributed by atoms with E-state index in [-0.39, 0.29) is 25.7 Å². The quantitative estimate of drug-likeness (QED) is 0.0169.